The molecule has 88 valence electrons. The molecule has 0 saturated carbocycles. The van der Waals surface area contributed by atoms with Crippen molar-refractivity contribution in [3.63, 3.8) is 0 Å². The summed E-state index contributed by atoms with van der Waals surface area (Å²) in [6, 6.07) is 7.37. The Morgan fingerprint density at radius 1 is 1.41 bits per heavy atom. The Hall–Kier alpha value is -1.88. The minimum absolute atomic E-state index is 0.124. The van der Waals surface area contributed by atoms with Gasteiger partial charge in [0.25, 0.3) is 0 Å². The van der Waals surface area contributed by atoms with Crippen molar-refractivity contribution in [2.24, 2.45) is 0 Å². The molecule has 0 spiro atoms. The molecular formula is C12H10FNO2S. The lowest BCUT2D eigenvalue weighted by Crippen LogP contribution is -2.05. The molecule has 0 fully saturated rings. The highest BCUT2D eigenvalue weighted by atomic mass is 32.1. The first-order valence-corrected chi connectivity index (χ1v) is 5.79. The number of nitrogens with two attached hydrogens (primary N) is 1. The summed E-state index contributed by atoms with van der Waals surface area (Å²) in [6.45, 7) is 0.187. The number of carbonyl (C=O) groups excluding carboxylic acids is 1. The van der Waals surface area contributed by atoms with Gasteiger partial charge in [-0.25, -0.2) is 9.18 Å². The smallest absolute Gasteiger partial charge is 0.338 e. The number of benzene rings is 1. The Morgan fingerprint density at radius 2 is 2.24 bits per heavy atom. The van der Waals surface area contributed by atoms with Crippen LogP contribution in [0.3, 0.4) is 0 Å². The quantitative estimate of drug-likeness (QED) is 0.674. The molecule has 1 heterocycles. The highest BCUT2D eigenvalue weighted by Crippen LogP contribution is 2.14. The molecule has 1 aromatic carbocycles. The van der Waals surface area contributed by atoms with Crippen molar-refractivity contribution in [3.05, 3.63) is 52.0 Å². The predicted molar refractivity (Wildman–Crippen MR) is 64.3 cm³/mol. The van der Waals surface area contributed by atoms with Crippen LogP contribution in [0.2, 0.25) is 0 Å². The maximum Gasteiger partial charge on any atom is 0.338 e. The van der Waals surface area contributed by atoms with Crippen molar-refractivity contribution >= 4 is 23.0 Å². The van der Waals surface area contributed by atoms with Crippen LogP contribution >= 0.6 is 11.3 Å². The van der Waals surface area contributed by atoms with Gasteiger partial charge in [0.2, 0.25) is 0 Å². The van der Waals surface area contributed by atoms with Gasteiger partial charge in [-0.1, -0.05) is 6.07 Å². The summed E-state index contributed by atoms with van der Waals surface area (Å²) in [4.78, 5) is 12.5. The van der Waals surface area contributed by atoms with Gasteiger partial charge in [0.05, 0.1) is 5.56 Å². The van der Waals surface area contributed by atoms with E-state index in [2.05, 4.69) is 0 Å². The van der Waals surface area contributed by atoms with Crippen LogP contribution in [0.15, 0.2) is 35.7 Å². The second kappa shape index (κ2) is 4.97. The van der Waals surface area contributed by atoms with Crippen LogP contribution in [-0.4, -0.2) is 5.97 Å². The van der Waals surface area contributed by atoms with Crippen LogP contribution in [-0.2, 0) is 11.3 Å². The molecule has 0 atom stereocenters. The average Bonchev–Trinajstić information content (AvgIpc) is 2.77. The topological polar surface area (TPSA) is 52.3 Å². The Labute approximate surface area is 102 Å². The maximum atomic E-state index is 13.0. The zero-order chi connectivity index (χ0) is 12.3. The van der Waals surface area contributed by atoms with E-state index in [1.807, 2.05) is 17.5 Å². The fourth-order valence-corrected chi connectivity index (χ4v) is 1.96. The third-order valence-electron chi connectivity index (χ3n) is 2.08. The summed E-state index contributed by atoms with van der Waals surface area (Å²) in [5.74, 6) is -1.13. The van der Waals surface area contributed by atoms with Crippen LogP contribution in [0.4, 0.5) is 10.1 Å². The molecule has 5 heteroatoms. The van der Waals surface area contributed by atoms with Crippen LogP contribution in [0.5, 0.6) is 0 Å². The van der Waals surface area contributed by atoms with Crippen molar-refractivity contribution in [2.75, 3.05) is 5.73 Å². The first kappa shape index (κ1) is 11.6. The molecule has 2 rings (SSSR count). The zero-order valence-corrected chi connectivity index (χ0v) is 9.67. The summed E-state index contributed by atoms with van der Waals surface area (Å²) < 4.78 is 18.0. The lowest BCUT2D eigenvalue weighted by atomic mass is 10.2. The van der Waals surface area contributed by atoms with Gasteiger partial charge in [-0.05, 0) is 29.6 Å². The van der Waals surface area contributed by atoms with Gasteiger partial charge >= 0.3 is 5.97 Å². The Morgan fingerprint density at radius 3 is 2.88 bits per heavy atom. The lowest BCUT2D eigenvalue weighted by Gasteiger charge is -2.04. The van der Waals surface area contributed by atoms with E-state index in [1.165, 1.54) is 17.4 Å². The molecule has 0 bridgehead atoms. The van der Waals surface area contributed by atoms with E-state index in [9.17, 15) is 9.18 Å². The Kier molecular flexibility index (Phi) is 3.39. The van der Waals surface area contributed by atoms with E-state index < -0.39 is 11.8 Å². The maximum absolute atomic E-state index is 13.0. The second-order valence-corrected chi connectivity index (χ2v) is 4.46. The molecule has 2 aromatic rings. The van der Waals surface area contributed by atoms with Crippen molar-refractivity contribution in [1.82, 2.24) is 0 Å². The van der Waals surface area contributed by atoms with Crippen molar-refractivity contribution in [3.8, 4) is 0 Å². The predicted octanol–water partition coefficient (Wildman–Crippen LogP) is 2.83. The SMILES string of the molecule is Nc1cc(F)cc(C(=O)OCc2cccs2)c1. The molecule has 0 saturated heterocycles. The molecule has 0 amide bonds. The number of hydrogen-bond acceptors (Lipinski definition) is 4. The van der Waals surface area contributed by atoms with E-state index in [0.29, 0.717) is 0 Å². The zero-order valence-electron chi connectivity index (χ0n) is 8.85. The molecule has 0 aliphatic heterocycles. The van der Waals surface area contributed by atoms with E-state index in [4.69, 9.17) is 10.5 Å². The third kappa shape index (κ3) is 3.04. The van der Waals surface area contributed by atoms with Crippen LogP contribution < -0.4 is 5.73 Å². The Balaban J connectivity index is 2.04. The molecule has 17 heavy (non-hydrogen) atoms. The number of carbonyl (C=O) groups is 1. The largest absolute Gasteiger partial charge is 0.456 e. The van der Waals surface area contributed by atoms with Gasteiger partial charge in [-0.3, -0.25) is 0 Å². The van der Waals surface area contributed by atoms with Crippen molar-refractivity contribution in [2.45, 2.75) is 6.61 Å². The van der Waals surface area contributed by atoms with E-state index in [0.717, 1.165) is 17.0 Å². The highest BCUT2D eigenvalue weighted by Gasteiger charge is 2.10. The summed E-state index contributed by atoms with van der Waals surface area (Å²) in [6.07, 6.45) is 0. The molecule has 0 aliphatic carbocycles. The molecule has 2 N–H and O–H groups in total. The number of halogens is 1. The summed E-state index contributed by atoms with van der Waals surface area (Å²) >= 11 is 1.49. The molecule has 3 nitrogen and oxygen atoms in total. The number of hydrogen-bond donors (Lipinski definition) is 1. The normalized spacial score (nSPS) is 10.2. The number of nitrogen functional groups attached to an aromatic ring is 1. The molecular weight excluding hydrogens is 241 g/mol. The number of thiophene rings is 1. The van der Waals surface area contributed by atoms with E-state index >= 15 is 0 Å². The van der Waals surface area contributed by atoms with Crippen molar-refractivity contribution in [1.29, 1.82) is 0 Å². The number of anilines is 1. The van der Waals surface area contributed by atoms with E-state index in [1.54, 1.807) is 0 Å². The van der Waals surface area contributed by atoms with E-state index in [-0.39, 0.29) is 17.9 Å². The number of esters is 1. The van der Waals surface area contributed by atoms with Crippen LogP contribution in [0, 0.1) is 5.82 Å². The third-order valence-corrected chi connectivity index (χ3v) is 2.93. The lowest BCUT2D eigenvalue weighted by molar-refractivity contribution is 0.0476. The molecule has 0 unspecified atom stereocenters. The second-order valence-electron chi connectivity index (χ2n) is 3.43. The average molecular weight is 251 g/mol. The summed E-state index contributed by atoms with van der Waals surface area (Å²) in [5, 5.41) is 1.89. The number of ether oxygens (including phenoxy) is 1. The summed E-state index contributed by atoms with van der Waals surface area (Å²) in [7, 11) is 0. The molecule has 1 aromatic heterocycles. The van der Waals surface area contributed by atoms with Crippen LogP contribution in [0.1, 0.15) is 15.2 Å². The van der Waals surface area contributed by atoms with Gasteiger partial charge in [-0.2, -0.15) is 0 Å². The summed E-state index contributed by atoms with van der Waals surface area (Å²) in [5.41, 5.74) is 5.77. The molecule has 0 radical (unpaired) electrons. The van der Waals surface area contributed by atoms with Gasteiger partial charge in [-0.15, -0.1) is 11.3 Å². The fraction of sp³-hybridized carbons (Fsp3) is 0.0833. The first-order chi connectivity index (χ1) is 8.15. The fourth-order valence-electron chi connectivity index (χ4n) is 1.34. The monoisotopic (exact) mass is 251 g/mol. The van der Waals surface area contributed by atoms with Gasteiger partial charge in [0.15, 0.2) is 0 Å². The highest BCUT2D eigenvalue weighted by molar-refractivity contribution is 7.09. The minimum Gasteiger partial charge on any atom is -0.456 e. The Bertz CT molecular complexity index is 505. The number of rotatable bonds is 3. The molecule has 0 aliphatic rings. The standard InChI is InChI=1S/C12H10FNO2S/c13-9-4-8(5-10(14)6-9)12(15)16-7-11-2-1-3-17-11/h1-6H,7,14H2. The van der Waals surface area contributed by atoms with Gasteiger partial charge in [0.1, 0.15) is 12.4 Å². The van der Waals surface area contributed by atoms with Crippen molar-refractivity contribution < 1.29 is 13.9 Å². The van der Waals surface area contributed by atoms with Crippen LogP contribution in [0.25, 0.3) is 0 Å². The van der Waals surface area contributed by atoms with Gasteiger partial charge in [0, 0.05) is 10.6 Å². The van der Waals surface area contributed by atoms with Gasteiger partial charge < -0.3 is 10.5 Å². The minimum atomic E-state index is -0.579. The first-order valence-electron chi connectivity index (χ1n) is 4.91.